The van der Waals surface area contributed by atoms with Crippen LogP contribution in [0.3, 0.4) is 0 Å². The average molecular weight is 333 g/mol. The van der Waals surface area contributed by atoms with E-state index in [1.807, 2.05) is 6.08 Å². The molecule has 0 aliphatic heterocycles. The van der Waals surface area contributed by atoms with Crippen LogP contribution >= 0.6 is 0 Å². The van der Waals surface area contributed by atoms with Crippen LogP contribution in [0.1, 0.15) is 66.7 Å². The molecule has 0 aliphatic carbocycles. The summed E-state index contributed by atoms with van der Waals surface area (Å²) in [5.74, 6) is 0.963. The third kappa shape index (κ3) is 9.05. The number of rotatable bonds is 12. The highest BCUT2D eigenvalue weighted by Gasteiger charge is 2.10. The summed E-state index contributed by atoms with van der Waals surface area (Å²) in [4.78, 5) is 0. The van der Waals surface area contributed by atoms with Crippen molar-refractivity contribution in [2.75, 3.05) is 6.67 Å². The number of hydrogen-bond donors (Lipinski definition) is 0. The van der Waals surface area contributed by atoms with Crippen molar-refractivity contribution in [1.29, 1.82) is 0 Å². The fourth-order valence-electron chi connectivity index (χ4n) is 2.73. The van der Waals surface area contributed by atoms with Gasteiger partial charge in [-0.2, -0.15) is 0 Å². The van der Waals surface area contributed by atoms with Gasteiger partial charge >= 0.3 is 0 Å². The zero-order valence-electron chi connectivity index (χ0n) is 16.5. The molecule has 0 aromatic carbocycles. The largest absolute Gasteiger partial charge is 0.247 e. The van der Waals surface area contributed by atoms with Gasteiger partial charge in [-0.1, -0.05) is 57.2 Å². The zero-order chi connectivity index (χ0) is 18.5. The predicted molar refractivity (Wildman–Crippen MR) is 108 cm³/mol. The lowest BCUT2D eigenvalue weighted by atomic mass is 9.88. The molecule has 0 aliphatic rings. The van der Waals surface area contributed by atoms with Crippen LogP contribution in [0, 0.1) is 11.8 Å². The first-order chi connectivity index (χ1) is 11.4. The SMILES string of the molecule is C=C(C)CCCC(CC)/C(C=CCF)=C/C=C(\C)C(=C)C(C)CC. The Kier molecular flexibility index (Phi) is 12.2. The summed E-state index contributed by atoms with van der Waals surface area (Å²) in [5.41, 5.74) is 4.86. The minimum Gasteiger partial charge on any atom is -0.247 e. The van der Waals surface area contributed by atoms with E-state index in [-0.39, 0.29) is 0 Å². The van der Waals surface area contributed by atoms with E-state index in [1.165, 1.54) is 22.3 Å². The molecule has 0 heterocycles. The molecular formula is C23H37F. The van der Waals surface area contributed by atoms with E-state index in [0.717, 1.165) is 32.1 Å². The van der Waals surface area contributed by atoms with Gasteiger partial charge in [-0.05, 0) is 74.5 Å². The first-order valence-corrected chi connectivity index (χ1v) is 9.31. The molecule has 0 aromatic heterocycles. The maximum Gasteiger partial charge on any atom is 0.108 e. The van der Waals surface area contributed by atoms with Crippen molar-refractivity contribution in [2.45, 2.75) is 66.7 Å². The van der Waals surface area contributed by atoms with E-state index in [1.54, 1.807) is 6.08 Å². The smallest absolute Gasteiger partial charge is 0.108 e. The second-order valence-electron chi connectivity index (χ2n) is 6.86. The highest BCUT2D eigenvalue weighted by atomic mass is 19.1. The normalized spacial score (nSPS) is 15.6. The number of alkyl halides is 1. The van der Waals surface area contributed by atoms with Gasteiger partial charge < -0.3 is 0 Å². The van der Waals surface area contributed by atoms with E-state index in [0.29, 0.717) is 11.8 Å². The molecule has 2 atom stereocenters. The lowest BCUT2D eigenvalue weighted by molar-refractivity contribution is 0.525. The molecule has 0 nitrogen and oxygen atoms in total. The van der Waals surface area contributed by atoms with Gasteiger partial charge in [0.15, 0.2) is 0 Å². The lowest BCUT2D eigenvalue weighted by Crippen LogP contribution is -2.02. The third-order valence-electron chi connectivity index (χ3n) is 4.76. The fraction of sp³-hybridized carbons (Fsp3) is 0.565. The molecule has 0 fully saturated rings. The van der Waals surface area contributed by atoms with Gasteiger partial charge in [0.25, 0.3) is 0 Å². The molecule has 0 N–H and O–H groups in total. The second kappa shape index (κ2) is 13.0. The summed E-state index contributed by atoms with van der Waals surface area (Å²) < 4.78 is 12.6. The Hall–Kier alpha value is -1.37. The van der Waals surface area contributed by atoms with Gasteiger partial charge in [0, 0.05) is 0 Å². The molecular weight excluding hydrogens is 295 g/mol. The highest BCUT2D eigenvalue weighted by Crippen LogP contribution is 2.25. The van der Waals surface area contributed by atoms with Gasteiger partial charge in [0.1, 0.15) is 6.67 Å². The Morgan fingerprint density at radius 2 is 1.75 bits per heavy atom. The molecule has 0 amide bonds. The van der Waals surface area contributed by atoms with Crippen molar-refractivity contribution >= 4 is 0 Å². The van der Waals surface area contributed by atoms with Crippen molar-refractivity contribution in [3.8, 4) is 0 Å². The average Bonchev–Trinajstić information content (AvgIpc) is 2.57. The maximum absolute atomic E-state index is 12.6. The zero-order valence-corrected chi connectivity index (χ0v) is 16.5. The molecule has 136 valence electrons. The molecule has 0 bridgehead atoms. The molecule has 0 spiro atoms. The van der Waals surface area contributed by atoms with Crippen molar-refractivity contribution < 1.29 is 4.39 Å². The van der Waals surface area contributed by atoms with Gasteiger partial charge in [-0.3, -0.25) is 0 Å². The summed E-state index contributed by atoms with van der Waals surface area (Å²) in [6.45, 7) is 18.6. The van der Waals surface area contributed by atoms with Gasteiger partial charge in [0.2, 0.25) is 0 Å². The molecule has 0 aromatic rings. The molecule has 1 heteroatoms. The van der Waals surface area contributed by atoms with Gasteiger partial charge in [-0.25, -0.2) is 4.39 Å². The van der Waals surface area contributed by atoms with Crippen LogP contribution in [0.25, 0.3) is 0 Å². The van der Waals surface area contributed by atoms with E-state index >= 15 is 0 Å². The minimum atomic E-state index is -0.415. The third-order valence-corrected chi connectivity index (χ3v) is 4.76. The summed E-state index contributed by atoms with van der Waals surface area (Å²) in [6, 6.07) is 0. The van der Waals surface area contributed by atoms with Crippen molar-refractivity contribution in [2.24, 2.45) is 11.8 Å². The molecule has 0 rings (SSSR count). The van der Waals surface area contributed by atoms with Crippen LogP contribution < -0.4 is 0 Å². The van der Waals surface area contributed by atoms with Crippen LogP contribution in [0.15, 0.2) is 59.8 Å². The van der Waals surface area contributed by atoms with E-state index in [2.05, 4.69) is 59.9 Å². The van der Waals surface area contributed by atoms with Gasteiger partial charge in [-0.15, -0.1) is 6.58 Å². The predicted octanol–water partition coefficient (Wildman–Crippen LogP) is 7.76. The molecule has 0 saturated heterocycles. The summed E-state index contributed by atoms with van der Waals surface area (Å²) >= 11 is 0. The second-order valence-corrected chi connectivity index (χ2v) is 6.86. The number of hydrogen-bond acceptors (Lipinski definition) is 0. The van der Waals surface area contributed by atoms with Crippen LogP contribution in [0.4, 0.5) is 4.39 Å². The van der Waals surface area contributed by atoms with Crippen molar-refractivity contribution in [3.05, 3.63) is 59.8 Å². The van der Waals surface area contributed by atoms with E-state index in [4.69, 9.17) is 0 Å². The van der Waals surface area contributed by atoms with Crippen LogP contribution in [-0.4, -0.2) is 6.67 Å². The topological polar surface area (TPSA) is 0 Å². The molecule has 0 radical (unpaired) electrons. The minimum absolute atomic E-state index is 0.415. The van der Waals surface area contributed by atoms with Crippen LogP contribution in [0.5, 0.6) is 0 Å². The van der Waals surface area contributed by atoms with Crippen molar-refractivity contribution in [3.63, 3.8) is 0 Å². The van der Waals surface area contributed by atoms with Crippen molar-refractivity contribution in [1.82, 2.24) is 0 Å². The van der Waals surface area contributed by atoms with Gasteiger partial charge in [0.05, 0.1) is 0 Å². The van der Waals surface area contributed by atoms with Crippen LogP contribution in [-0.2, 0) is 0 Å². The van der Waals surface area contributed by atoms with E-state index in [9.17, 15) is 4.39 Å². The Bertz CT molecular complexity index is 476. The Morgan fingerprint density at radius 3 is 2.25 bits per heavy atom. The molecule has 0 saturated carbocycles. The monoisotopic (exact) mass is 332 g/mol. The Labute approximate surface area is 149 Å². The van der Waals surface area contributed by atoms with Crippen LogP contribution in [0.2, 0.25) is 0 Å². The first kappa shape index (κ1) is 22.6. The summed E-state index contributed by atoms with van der Waals surface area (Å²) in [7, 11) is 0. The number of allylic oxidation sites excluding steroid dienone is 8. The molecule has 2 unspecified atom stereocenters. The number of halogens is 1. The Balaban J connectivity index is 5.23. The lowest BCUT2D eigenvalue weighted by Gasteiger charge is -2.17. The molecule has 24 heavy (non-hydrogen) atoms. The highest BCUT2D eigenvalue weighted by molar-refractivity contribution is 5.35. The summed E-state index contributed by atoms with van der Waals surface area (Å²) in [5, 5.41) is 0. The standard InChI is InChI=1S/C23H37F/c1-8-19(5)21(7)20(6)15-16-23(14-11-17-24)22(9-2)13-10-12-18(3)4/h11,14-16,19,22H,3,7-10,12-13,17H2,1-2,4-6H3/b14-11?,20-15+,23-16+. The first-order valence-electron chi connectivity index (χ1n) is 9.31. The quantitative estimate of drug-likeness (QED) is 0.253. The van der Waals surface area contributed by atoms with E-state index < -0.39 is 6.67 Å². The Morgan fingerprint density at radius 1 is 1.08 bits per heavy atom. The maximum atomic E-state index is 12.6. The fourth-order valence-corrected chi connectivity index (χ4v) is 2.73. The summed E-state index contributed by atoms with van der Waals surface area (Å²) in [6.07, 6.45) is 13.3.